The van der Waals surface area contributed by atoms with Gasteiger partial charge in [0, 0.05) is 24.2 Å². The van der Waals surface area contributed by atoms with E-state index in [1.54, 1.807) is 0 Å². The molecule has 0 unspecified atom stereocenters. The highest BCUT2D eigenvalue weighted by atomic mass is 31.1. The predicted molar refractivity (Wildman–Crippen MR) is 125 cm³/mol. The topological polar surface area (TPSA) is 23.6 Å². The first-order valence-electron chi connectivity index (χ1n) is 13.2. The molecule has 0 aromatic heterocycles. The molecule has 0 aromatic carbocycles. The number of carbonyl (C=O) groups is 1. The fraction of sp³-hybridized carbons (Fsp3) is 0.960. The molecule has 0 saturated heterocycles. The van der Waals surface area contributed by atoms with Gasteiger partial charge in [0.05, 0.1) is 0 Å². The zero-order valence-corrected chi connectivity index (χ0v) is 19.7. The van der Waals surface area contributed by atoms with Gasteiger partial charge in [-0.1, -0.05) is 77.0 Å². The van der Waals surface area contributed by atoms with Crippen molar-refractivity contribution in [3.63, 3.8) is 0 Å². The van der Waals surface area contributed by atoms with Crippen molar-refractivity contribution in [1.82, 2.24) is 9.34 Å². The van der Waals surface area contributed by atoms with Crippen molar-refractivity contribution in [2.45, 2.75) is 153 Å². The van der Waals surface area contributed by atoms with Crippen molar-refractivity contribution < 1.29 is 4.79 Å². The van der Waals surface area contributed by atoms with E-state index in [-0.39, 0.29) is 0 Å². The van der Waals surface area contributed by atoms with E-state index in [1.807, 2.05) is 0 Å². The summed E-state index contributed by atoms with van der Waals surface area (Å²) in [7, 11) is -0.791. The van der Waals surface area contributed by atoms with Gasteiger partial charge in [0.1, 0.15) is 8.22 Å². The molecule has 4 aliphatic carbocycles. The second-order valence-electron chi connectivity index (χ2n) is 10.4. The van der Waals surface area contributed by atoms with Crippen molar-refractivity contribution in [2.75, 3.05) is 0 Å². The van der Waals surface area contributed by atoms with Crippen LogP contribution in [0.4, 0.5) is 0 Å². The Labute approximate surface area is 181 Å². The van der Waals surface area contributed by atoms with Crippen molar-refractivity contribution in [1.29, 1.82) is 0 Å². The van der Waals surface area contributed by atoms with E-state index in [2.05, 4.69) is 9.34 Å². The zero-order chi connectivity index (χ0) is 19.9. The number of carbonyl (C=O) groups excluding carboxylic acids is 1. The molecule has 0 radical (unpaired) electrons. The summed E-state index contributed by atoms with van der Waals surface area (Å²) < 4.78 is 5.76. The molecule has 4 fully saturated rings. The minimum Gasteiger partial charge on any atom is -0.295 e. The molecule has 0 amide bonds. The maximum atomic E-state index is 12.9. The molecular formula is C25H45N2OP. The maximum absolute atomic E-state index is 12.9. The molecule has 4 saturated carbocycles. The third-order valence-corrected chi connectivity index (χ3v) is 10.8. The van der Waals surface area contributed by atoms with E-state index in [9.17, 15) is 4.79 Å². The Hall–Kier alpha value is 0.0200. The summed E-state index contributed by atoms with van der Waals surface area (Å²) in [6, 6.07) is 4.17. The summed E-state index contributed by atoms with van der Waals surface area (Å²) in [4.78, 5) is 12.9. The minimum atomic E-state index is -0.791. The van der Waals surface area contributed by atoms with E-state index in [1.165, 1.54) is 134 Å². The van der Waals surface area contributed by atoms with Gasteiger partial charge in [-0.05, 0) is 51.4 Å². The molecule has 0 aromatic rings. The quantitative estimate of drug-likeness (QED) is 0.316. The summed E-state index contributed by atoms with van der Waals surface area (Å²) in [5, 5.41) is 0. The van der Waals surface area contributed by atoms with Gasteiger partial charge >= 0.3 is 0 Å². The highest BCUT2D eigenvalue weighted by molar-refractivity contribution is 7.68. The fourth-order valence-electron chi connectivity index (χ4n) is 6.88. The lowest BCUT2D eigenvalue weighted by atomic mass is 9.90. The van der Waals surface area contributed by atoms with Crippen LogP contribution in [0.5, 0.6) is 0 Å². The highest BCUT2D eigenvalue weighted by Crippen LogP contribution is 2.54. The van der Waals surface area contributed by atoms with Gasteiger partial charge < -0.3 is 0 Å². The van der Waals surface area contributed by atoms with Crippen LogP contribution in [0.3, 0.4) is 0 Å². The van der Waals surface area contributed by atoms with Gasteiger partial charge in [0.15, 0.2) is 6.03 Å². The van der Waals surface area contributed by atoms with Crippen LogP contribution in [0.2, 0.25) is 0 Å². The van der Waals surface area contributed by atoms with E-state index in [0.717, 1.165) is 0 Å². The van der Waals surface area contributed by atoms with Crippen molar-refractivity contribution in [3.05, 3.63) is 0 Å². The van der Waals surface area contributed by atoms with Crippen molar-refractivity contribution >= 4 is 14.3 Å². The molecule has 4 aliphatic rings. The summed E-state index contributed by atoms with van der Waals surface area (Å²) in [5.41, 5.74) is 0. The predicted octanol–water partition coefficient (Wildman–Crippen LogP) is 7.42. The van der Waals surface area contributed by atoms with Gasteiger partial charge in [0.2, 0.25) is 0 Å². The number of hydrogen-bond donors (Lipinski definition) is 0. The Balaban J connectivity index is 1.61. The minimum absolute atomic E-state index is 0.679. The van der Waals surface area contributed by atoms with Gasteiger partial charge in [-0.3, -0.25) is 14.1 Å². The van der Waals surface area contributed by atoms with Crippen LogP contribution in [0, 0.1) is 0 Å². The van der Waals surface area contributed by atoms with Crippen LogP contribution in [-0.4, -0.2) is 39.5 Å². The van der Waals surface area contributed by atoms with Crippen LogP contribution < -0.4 is 0 Å². The molecule has 0 spiro atoms. The molecular weight excluding hydrogens is 375 g/mol. The Morgan fingerprint density at radius 2 is 0.690 bits per heavy atom. The maximum Gasteiger partial charge on any atom is 0.172 e. The van der Waals surface area contributed by atoms with E-state index in [0.29, 0.717) is 24.2 Å². The molecule has 3 nitrogen and oxygen atoms in total. The zero-order valence-electron chi connectivity index (χ0n) is 18.8. The van der Waals surface area contributed by atoms with Crippen LogP contribution in [0.1, 0.15) is 128 Å². The van der Waals surface area contributed by atoms with Gasteiger partial charge in [-0.15, -0.1) is 0 Å². The summed E-state index contributed by atoms with van der Waals surface area (Å²) in [6.07, 6.45) is 27.4. The van der Waals surface area contributed by atoms with Gasteiger partial charge in [-0.2, -0.15) is 0 Å². The average Bonchev–Trinajstić information content (AvgIpc) is 2.81. The lowest BCUT2D eigenvalue weighted by Gasteiger charge is -2.52. The monoisotopic (exact) mass is 420 g/mol. The fourth-order valence-corrected chi connectivity index (χ4v) is 9.59. The number of nitrogens with zero attached hydrogens (tertiary/aromatic N) is 2. The highest BCUT2D eigenvalue weighted by Gasteiger charge is 2.42. The summed E-state index contributed by atoms with van der Waals surface area (Å²) >= 11 is 0. The molecule has 4 heteroatoms. The first-order chi connectivity index (χ1) is 14.4. The molecule has 4 rings (SSSR count). The Morgan fingerprint density at radius 3 is 0.897 bits per heavy atom. The van der Waals surface area contributed by atoms with E-state index in [4.69, 9.17) is 0 Å². The summed E-state index contributed by atoms with van der Waals surface area (Å²) in [5.74, 6) is 0. The molecule has 166 valence electrons. The SMILES string of the molecule is O=CP(N(C1CCCCC1)C1CCCCC1)N(C1CCCCC1)C1CCCCC1. The molecule has 29 heavy (non-hydrogen) atoms. The Bertz CT molecular complexity index is 401. The lowest BCUT2D eigenvalue weighted by molar-refractivity contribution is 0.135. The van der Waals surface area contributed by atoms with Gasteiger partial charge in [-0.25, -0.2) is 0 Å². The lowest BCUT2D eigenvalue weighted by Crippen LogP contribution is -2.50. The van der Waals surface area contributed by atoms with Gasteiger partial charge in [0.25, 0.3) is 0 Å². The third kappa shape index (κ3) is 5.64. The van der Waals surface area contributed by atoms with E-state index < -0.39 is 8.22 Å². The normalized spacial score (nSPS) is 27.1. The second-order valence-corrected chi connectivity index (χ2v) is 12.1. The molecule has 0 atom stereocenters. The second kappa shape index (κ2) is 11.6. The third-order valence-electron chi connectivity index (χ3n) is 8.36. The standard InChI is InChI=1S/C25H45N2OP/c28-21-29(26(22-13-5-1-6-14-22)23-15-7-2-8-16-23)27(24-17-9-3-10-18-24)25-19-11-4-12-20-25/h21-25H,1-20H2. The molecule has 0 heterocycles. The van der Waals surface area contributed by atoms with Crippen LogP contribution >= 0.6 is 8.22 Å². The first-order valence-corrected chi connectivity index (χ1v) is 14.5. The number of hydrogen-bond acceptors (Lipinski definition) is 3. The van der Waals surface area contributed by atoms with Crippen molar-refractivity contribution in [3.8, 4) is 0 Å². The van der Waals surface area contributed by atoms with E-state index >= 15 is 0 Å². The largest absolute Gasteiger partial charge is 0.295 e. The van der Waals surface area contributed by atoms with Crippen LogP contribution in [-0.2, 0) is 4.79 Å². The summed E-state index contributed by atoms with van der Waals surface area (Å²) in [6.45, 7) is 0. The number of rotatable bonds is 7. The average molecular weight is 421 g/mol. The van der Waals surface area contributed by atoms with Crippen LogP contribution in [0.15, 0.2) is 0 Å². The first kappa shape index (κ1) is 22.2. The molecule has 0 N–H and O–H groups in total. The molecule has 0 bridgehead atoms. The smallest absolute Gasteiger partial charge is 0.172 e. The molecule has 0 aliphatic heterocycles. The Morgan fingerprint density at radius 1 is 0.448 bits per heavy atom. The van der Waals surface area contributed by atoms with Crippen molar-refractivity contribution in [2.24, 2.45) is 0 Å². The van der Waals surface area contributed by atoms with Crippen LogP contribution in [0.25, 0.3) is 0 Å². The Kier molecular flexibility index (Phi) is 8.88.